The molecule has 4 aliphatic rings. The average Bonchev–Trinajstić information content (AvgIpc) is 3.16. The van der Waals surface area contributed by atoms with Crippen LogP contribution in [0.4, 0.5) is 0 Å². The van der Waals surface area contributed by atoms with Crippen LogP contribution >= 0.6 is 0 Å². The first-order valence-electron chi connectivity index (χ1n) is 12.4. The van der Waals surface area contributed by atoms with Gasteiger partial charge in [-0.15, -0.1) is 0 Å². The maximum atomic E-state index is 13.1. The van der Waals surface area contributed by atoms with Crippen LogP contribution in [0.2, 0.25) is 0 Å². The van der Waals surface area contributed by atoms with E-state index in [1.807, 2.05) is 40.7 Å². The molecule has 0 heterocycles. The molecule has 4 rings (SSSR count). The minimum Gasteiger partial charge on any atom is -0.461 e. The van der Waals surface area contributed by atoms with Gasteiger partial charge in [-0.2, -0.15) is 0 Å². The molecule has 192 valence electrons. The Bertz CT molecular complexity index is 1090. The first-order valence-corrected chi connectivity index (χ1v) is 12.4. The Morgan fingerprint density at radius 1 is 1.11 bits per heavy atom. The Morgan fingerprint density at radius 2 is 1.74 bits per heavy atom. The molecular formula is C28H38O7. The third-order valence-electron chi connectivity index (χ3n) is 9.46. The molecule has 2 N–H and O–H groups in total. The smallest absolute Gasteiger partial charge is 0.334 e. The summed E-state index contributed by atoms with van der Waals surface area (Å²) in [6, 6.07) is 0. The number of carbonyl (C=O) groups excluding carboxylic acids is 3. The molecule has 7 nitrogen and oxygen atoms in total. The zero-order chi connectivity index (χ0) is 26.3. The maximum Gasteiger partial charge on any atom is 0.334 e. The van der Waals surface area contributed by atoms with Crippen LogP contribution in [0.1, 0.15) is 68.2 Å². The standard InChI is InChI=1S/C28H38O7/c1-14(2)17(5)24(31)35-27-11-16(4)28(33)20(22(27)25(27,7)8)10-19(13-34-18(6)29)12-26(32)21(28)9-15(3)23(26)30/h9-10,16,20-22,32-33H,11-13H2,1-8H3/t16-,20+,21+,22+,26-,27+,28-/m1/s1. The molecule has 0 aliphatic heterocycles. The van der Waals surface area contributed by atoms with E-state index in [1.165, 1.54) is 6.92 Å². The Kier molecular flexibility index (Phi) is 5.81. The molecule has 0 spiro atoms. The number of fused-ring (bicyclic) bond motifs is 5. The molecule has 7 atom stereocenters. The van der Waals surface area contributed by atoms with Crippen molar-refractivity contribution in [1.82, 2.24) is 0 Å². The number of ether oxygens (including phenoxy) is 2. The Morgan fingerprint density at radius 3 is 2.31 bits per heavy atom. The van der Waals surface area contributed by atoms with Crippen LogP contribution in [0.3, 0.4) is 0 Å². The summed E-state index contributed by atoms with van der Waals surface area (Å²) in [5, 5.41) is 24.1. The van der Waals surface area contributed by atoms with Gasteiger partial charge in [0.15, 0.2) is 5.78 Å². The topological polar surface area (TPSA) is 110 Å². The highest BCUT2D eigenvalue weighted by atomic mass is 16.6. The van der Waals surface area contributed by atoms with Gasteiger partial charge in [0, 0.05) is 42.1 Å². The van der Waals surface area contributed by atoms with Crippen LogP contribution in [0.25, 0.3) is 0 Å². The van der Waals surface area contributed by atoms with Crippen molar-refractivity contribution in [2.75, 3.05) is 6.61 Å². The van der Waals surface area contributed by atoms with E-state index in [1.54, 1.807) is 19.9 Å². The van der Waals surface area contributed by atoms with Gasteiger partial charge in [0.05, 0.1) is 5.60 Å². The summed E-state index contributed by atoms with van der Waals surface area (Å²) in [5.41, 5.74) is -2.04. The van der Waals surface area contributed by atoms with E-state index in [0.717, 1.165) is 5.57 Å². The van der Waals surface area contributed by atoms with E-state index in [4.69, 9.17) is 9.47 Å². The summed E-state index contributed by atoms with van der Waals surface area (Å²) >= 11 is 0. The van der Waals surface area contributed by atoms with Crippen molar-refractivity contribution >= 4 is 17.7 Å². The highest BCUT2D eigenvalue weighted by molar-refractivity contribution is 6.04. The predicted octanol–water partition coefficient (Wildman–Crippen LogP) is 3.44. The Balaban J connectivity index is 1.84. The molecular weight excluding hydrogens is 448 g/mol. The number of esters is 2. The second-order valence-corrected chi connectivity index (χ2v) is 12.0. The Hall–Kier alpha value is -2.25. The summed E-state index contributed by atoms with van der Waals surface area (Å²) in [4.78, 5) is 37.7. The minimum absolute atomic E-state index is 0.0278. The van der Waals surface area contributed by atoms with Crippen LogP contribution in [-0.2, 0) is 23.9 Å². The lowest BCUT2D eigenvalue weighted by atomic mass is 9.60. The molecule has 4 aliphatic carbocycles. The van der Waals surface area contributed by atoms with Crippen molar-refractivity contribution in [2.45, 2.75) is 85.0 Å². The van der Waals surface area contributed by atoms with Crippen LogP contribution in [0.15, 0.2) is 34.4 Å². The second-order valence-electron chi connectivity index (χ2n) is 12.0. The molecule has 7 heteroatoms. The molecule has 0 aromatic rings. The normalized spacial score (nSPS) is 40.8. The van der Waals surface area contributed by atoms with Gasteiger partial charge in [0.2, 0.25) is 0 Å². The number of hydrogen-bond donors (Lipinski definition) is 2. The maximum absolute atomic E-state index is 13.1. The quantitative estimate of drug-likeness (QED) is 0.356. The van der Waals surface area contributed by atoms with Crippen LogP contribution in [0.5, 0.6) is 0 Å². The van der Waals surface area contributed by atoms with E-state index in [-0.39, 0.29) is 30.8 Å². The molecule has 35 heavy (non-hydrogen) atoms. The minimum atomic E-state index is -1.82. The fourth-order valence-electron chi connectivity index (χ4n) is 7.23. The highest BCUT2D eigenvalue weighted by Crippen LogP contribution is 2.76. The lowest BCUT2D eigenvalue weighted by Crippen LogP contribution is -2.61. The van der Waals surface area contributed by atoms with Crippen LogP contribution < -0.4 is 0 Å². The van der Waals surface area contributed by atoms with Crippen molar-refractivity contribution in [3.05, 3.63) is 34.4 Å². The number of rotatable bonds is 4. The van der Waals surface area contributed by atoms with E-state index in [2.05, 4.69) is 0 Å². The number of aliphatic hydroxyl groups is 2. The third-order valence-corrected chi connectivity index (χ3v) is 9.46. The first-order chi connectivity index (χ1) is 16.0. The van der Waals surface area contributed by atoms with Gasteiger partial charge in [-0.25, -0.2) is 4.79 Å². The first kappa shape index (κ1) is 25.8. The number of allylic oxidation sites excluding steroid dienone is 1. The van der Waals surface area contributed by atoms with Gasteiger partial charge < -0.3 is 19.7 Å². The largest absolute Gasteiger partial charge is 0.461 e. The molecule has 0 saturated heterocycles. The van der Waals surface area contributed by atoms with Crippen LogP contribution in [0, 0.1) is 29.1 Å². The lowest BCUT2D eigenvalue weighted by molar-refractivity contribution is -0.185. The molecule has 0 bridgehead atoms. The van der Waals surface area contributed by atoms with Crippen molar-refractivity contribution in [2.24, 2.45) is 29.1 Å². The lowest BCUT2D eigenvalue weighted by Gasteiger charge is -2.50. The fraction of sp³-hybridized carbons (Fsp3) is 0.679. The predicted molar refractivity (Wildman–Crippen MR) is 129 cm³/mol. The molecule has 0 aromatic heterocycles. The van der Waals surface area contributed by atoms with Gasteiger partial charge in [-0.05, 0) is 51.2 Å². The van der Waals surface area contributed by atoms with Gasteiger partial charge in [-0.1, -0.05) is 38.5 Å². The van der Waals surface area contributed by atoms with Crippen molar-refractivity contribution in [1.29, 1.82) is 0 Å². The molecule has 0 unspecified atom stereocenters. The molecule has 2 saturated carbocycles. The molecule has 0 radical (unpaired) electrons. The zero-order valence-corrected chi connectivity index (χ0v) is 22.0. The zero-order valence-electron chi connectivity index (χ0n) is 22.0. The SMILES string of the molecule is CC(=O)OCC1=C[C@H]2[C@H]3C(C)(C)[C@]3(OC(=O)C(C)=C(C)C)C[C@@H](C)[C@]2(O)[C@H]2C=C(C)C(=O)[C@@]2(O)C1. The monoisotopic (exact) mass is 486 g/mol. The summed E-state index contributed by atoms with van der Waals surface area (Å²) in [5.74, 6) is -3.19. The van der Waals surface area contributed by atoms with Crippen molar-refractivity contribution in [3.63, 3.8) is 0 Å². The van der Waals surface area contributed by atoms with E-state index >= 15 is 0 Å². The molecule has 0 aromatic carbocycles. The molecule has 2 fully saturated rings. The third kappa shape index (κ3) is 3.41. The van der Waals surface area contributed by atoms with E-state index in [9.17, 15) is 24.6 Å². The summed E-state index contributed by atoms with van der Waals surface area (Å²) < 4.78 is 11.5. The number of carbonyl (C=O) groups is 3. The molecule has 0 amide bonds. The summed E-state index contributed by atoms with van der Waals surface area (Å²) in [6.45, 7) is 14.4. The van der Waals surface area contributed by atoms with Gasteiger partial charge >= 0.3 is 11.9 Å². The van der Waals surface area contributed by atoms with Crippen molar-refractivity contribution < 1.29 is 34.1 Å². The number of hydrogen-bond acceptors (Lipinski definition) is 7. The van der Waals surface area contributed by atoms with Gasteiger partial charge in [0.1, 0.15) is 17.8 Å². The highest BCUT2D eigenvalue weighted by Gasteiger charge is 2.83. The van der Waals surface area contributed by atoms with E-state index < -0.39 is 45.8 Å². The van der Waals surface area contributed by atoms with Crippen molar-refractivity contribution in [3.8, 4) is 0 Å². The van der Waals surface area contributed by atoms with E-state index in [0.29, 0.717) is 23.1 Å². The summed E-state index contributed by atoms with van der Waals surface area (Å²) in [7, 11) is 0. The van der Waals surface area contributed by atoms with Crippen LogP contribution in [-0.4, -0.2) is 51.3 Å². The van der Waals surface area contributed by atoms with Gasteiger partial charge in [0.25, 0.3) is 0 Å². The second kappa shape index (κ2) is 7.87. The number of ketones is 1. The summed E-state index contributed by atoms with van der Waals surface area (Å²) in [6.07, 6.45) is 3.97. The number of Topliss-reactive ketones (excluding diaryl/α,β-unsaturated/α-hetero) is 1. The average molecular weight is 487 g/mol. The Labute approximate surface area is 207 Å². The van der Waals surface area contributed by atoms with Gasteiger partial charge in [-0.3, -0.25) is 9.59 Å². The fourth-order valence-corrected chi connectivity index (χ4v) is 7.23.